The molecule has 0 spiro atoms. The zero-order chi connectivity index (χ0) is 10.2. The lowest BCUT2D eigenvalue weighted by atomic mass is 10.3. The van der Waals surface area contributed by atoms with E-state index in [2.05, 4.69) is 22.2 Å². The van der Waals surface area contributed by atoms with E-state index in [4.69, 9.17) is 4.74 Å². The molecule has 0 aliphatic rings. The Hall–Kier alpha value is -1.00. The Morgan fingerprint density at radius 1 is 1.43 bits per heavy atom. The maximum atomic E-state index is 5.39. The molecule has 0 fully saturated rings. The Bertz CT molecular complexity index is 240. The molecule has 0 aliphatic carbocycles. The van der Waals surface area contributed by atoms with Gasteiger partial charge in [0.1, 0.15) is 6.33 Å². The highest BCUT2D eigenvalue weighted by Crippen LogP contribution is 1.93. The first kappa shape index (κ1) is 11.1. The van der Waals surface area contributed by atoms with E-state index in [0.717, 1.165) is 25.3 Å². The molecule has 1 heterocycles. The highest BCUT2D eigenvalue weighted by Gasteiger charge is 1.99. The summed E-state index contributed by atoms with van der Waals surface area (Å²) in [5.41, 5.74) is 1.09. The van der Waals surface area contributed by atoms with E-state index in [1.165, 1.54) is 6.33 Å². The van der Waals surface area contributed by atoms with Gasteiger partial charge in [-0.1, -0.05) is 0 Å². The molecule has 1 atom stereocenters. The maximum absolute atomic E-state index is 5.39. The maximum Gasteiger partial charge on any atom is 0.115 e. The highest BCUT2D eigenvalue weighted by molar-refractivity contribution is 5.01. The Kier molecular flexibility index (Phi) is 5.11. The topological polar surface area (TPSA) is 47.0 Å². The Morgan fingerprint density at radius 2 is 2.14 bits per heavy atom. The van der Waals surface area contributed by atoms with Crippen molar-refractivity contribution in [2.75, 3.05) is 13.2 Å². The van der Waals surface area contributed by atoms with Crippen LogP contribution in [0.15, 0.2) is 18.7 Å². The standard InChI is InChI=1S/C10H17N3O/c1-3-14-9(2)4-11-5-10-6-12-8-13-7-10/h6-9,11H,3-5H2,1-2H3. The van der Waals surface area contributed by atoms with Gasteiger partial charge in [-0.3, -0.25) is 0 Å². The molecule has 4 nitrogen and oxygen atoms in total. The van der Waals surface area contributed by atoms with Crippen LogP contribution in [0.5, 0.6) is 0 Å². The predicted octanol–water partition coefficient (Wildman–Crippen LogP) is 0.991. The minimum absolute atomic E-state index is 0.254. The quantitative estimate of drug-likeness (QED) is 0.735. The van der Waals surface area contributed by atoms with E-state index in [0.29, 0.717) is 0 Å². The SMILES string of the molecule is CCOC(C)CNCc1cncnc1. The number of nitrogens with zero attached hydrogens (tertiary/aromatic N) is 2. The second-order valence-electron chi connectivity index (χ2n) is 3.14. The molecule has 14 heavy (non-hydrogen) atoms. The fraction of sp³-hybridized carbons (Fsp3) is 0.600. The molecule has 0 bridgehead atoms. The van der Waals surface area contributed by atoms with Crippen molar-refractivity contribution in [2.45, 2.75) is 26.5 Å². The zero-order valence-electron chi connectivity index (χ0n) is 8.73. The largest absolute Gasteiger partial charge is 0.377 e. The van der Waals surface area contributed by atoms with E-state index in [9.17, 15) is 0 Å². The van der Waals surface area contributed by atoms with Gasteiger partial charge in [-0.2, -0.15) is 0 Å². The molecule has 1 aromatic rings. The summed E-state index contributed by atoms with van der Waals surface area (Å²) in [5, 5.41) is 3.28. The summed E-state index contributed by atoms with van der Waals surface area (Å²) in [5.74, 6) is 0. The van der Waals surface area contributed by atoms with Crippen molar-refractivity contribution in [2.24, 2.45) is 0 Å². The fourth-order valence-electron chi connectivity index (χ4n) is 1.18. The smallest absolute Gasteiger partial charge is 0.115 e. The van der Waals surface area contributed by atoms with Crippen molar-refractivity contribution in [3.63, 3.8) is 0 Å². The summed E-state index contributed by atoms with van der Waals surface area (Å²) in [6.45, 7) is 6.46. The second-order valence-corrected chi connectivity index (χ2v) is 3.14. The minimum Gasteiger partial charge on any atom is -0.377 e. The summed E-state index contributed by atoms with van der Waals surface area (Å²) in [6, 6.07) is 0. The summed E-state index contributed by atoms with van der Waals surface area (Å²) in [6.07, 6.45) is 5.41. The molecule has 0 amide bonds. The van der Waals surface area contributed by atoms with Gasteiger partial charge >= 0.3 is 0 Å². The molecule has 0 radical (unpaired) electrons. The number of nitrogens with one attached hydrogen (secondary N) is 1. The average molecular weight is 195 g/mol. The first-order chi connectivity index (χ1) is 6.83. The molecule has 0 saturated heterocycles. The van der Waals surface area contributed by atoms with Gasteiger partial charge in [0.15, 0.2) is 0 Å². The van der Waals surface area contributed by atoms with Crippen LogP contribution in [0.1, 0.15) is 19.4 Å². The summed E-state index contributed by atoms with van der Waals surface area (Å²) in [4.78, 5) is 7.87. The number of hydrogen-bond acceptors (Lipinski definition) is 4. The molecule has 4 heteroatoms. The average Bonchev–Trinajstić information content (AvgIpc) is 2.20. The molecular formula is C10H17N3O. The number of rotatable bonds is 6. The van der Waals surface area contributed by atoms with Gasteiger partial charge < -0.3 is 10.1 Å². The Labute approximate surface area is 84.7 Å². The van der Waals surface area contributed by atoms with Crippen molar-refractivity contribution in [3.8, 4) is 0 Å². The third kappa shape index (κ3) is 4.30. The normalized spacial score (nSPS) is 12.7. The van der Waals surface area contributed by atoms with Crippen LogP contribution in [0.2, 0.25) is 0 Å². The van der Waals surface area contributed by atoms with Gasteiger partial charge in [-0.05, 0) is 13.8 Å². The number of aromatic nitrogens is 2. The van der Waals surface area contributed by atoms with Crippen LogP contribution in [0.3, 0.4) is 0 Å². The van der Waals surface area contributed by atoms with Crippen molar-refractivity contribution < 1.29 is 4.74 Å². The summed E-state index contributed by atoms with van der Waals surface area (Å²) < 4.78 is 5.39. The van der Waals surface area contributed by atoms with Gasteiger partial charge in [0.05, 0.1) is 6.10 Å². The van der Waals surface area contributed by atoms with Gasteiger partial charge in [0, 0.05) is 37.7 Å². The van der Waals surface area contributed by atoms with Gasteiger partial charge in [0.25, 0.3) is 0 Å². The predicted molar refractivity (Wildman–Crippen MR) is 54.8 cm³/mol. The third-order valence-electron chi connectivity index (χ3n) is 1.83. The van der Waals surface area contributed by atoms with Crippen LogP contribution in [0.4, 0.5) is 0 Å². The minimum atomic E-state index is 0.254. The van der Waals surface area contributed by atoms with Gasteiger partial charge in [0.2, 0.25) is 0 Å². The molecule has 0 aromatic carbocycles. The Balaban J connectivity index is 2.16. The van der Waals surface area contributed by atoms with Crippen LogP contribution >= 0.6 is 0 Å². The number of hydrogen-bond donors (Lipinski definition) is 1. The lowest BCUT2D eigenvalue weighted by Crippen LogP contribution is -2.26. The van der Waals surface area contributed by atoms with E-state index in [1.54, 1.807) is 0 Å². The van der Waals surface area contributed by atoms with Crippen molar-refractivity contribution in [1.29, 1.82) is 0 Å². The molecule has 78 valence electrons. The van der Waals surface area contributed by atoms with Crippen LogP contribution in [-0.4, -0.2) is 29.2 Å². The van der Waals surface area contributed by atoms with E-state index in [-0.39, 0.29) is 6.10 Å². The van der Waals surface area contributed by atoms with Crippen LogP contribution in [-0.2, 0) is 11.3 Å². The lowest BCUT2D eigenvalue weighted by Gasteiger charge is -2.12. The van der Waals surface area contributed by atoms with E-state index >= 15 is 0 Å². The van der Waals surface area contributed by atoms with Crippen LogP contribution < -0.4 is 5.32 Å². The molecule has 1 rings (SSSR count). The molecule has 0 aliphatic heterocycles. The van der Waals surface area contributed by atoms with Crippen molar-refractivity contribution in [1.82, 2.24) is 15.3 Å². The first-order valence-corrected chi connectivity index (χ1v) is 4.89. The zero-order valence-corrected chi connectivity index (χ0v) is 8.73. The van der Waals surface area contributed by atoms with Crippen LogP contribution in [0.25, 0.3) is 0 Å². The molecular weight excluding hydrogens is 178 g/mol. The van der Waals surface area contributed by atoms with E-state index in [1.807, 2.05) is 19.3 Å². The Morgan fingerprint density at radius 3 is 2.79 bits per heavy atom. The molecule has 1 N–H and O–H groups in total. The van der Waals surface area contributed by atoms with Gasteiger partial charge in [-0.25, -0.2) is 9.97 Å². The lowest BCUT2D eigenvalue weighted by molar-refractivity contribution is 0.0759. The second kappa shape index (κ2) is 6.45. The van der Waals surface area contributed by atoms with E-state index < -0.39 is 0 Å². The van der Waals surface area contributed by atoms with Crippen LogP contribution in [0, 0.1) is 0 Å². The summed E-state index contributed by atoms with van der Waals surface area (Å²) >= 11 is 0. The fourth-order valence-corrected chi connectivity index (χ4v) is 1.18. The highest BCUT2D eigenvalue weighted by atomic mass is 16.5. The molecule has 0 saturated carbocycles. The summed E-state index contributed by atoms with van der Waals surface area (Å²) in [7, 11) is 0. The number of ether oxygens (including phenoxy) is 1. The van der Waals surface area contributed by atoms with Gasteiger partial charge in [-0.15, -0.1) is 0 Å². The molecule has 1 unspecified atom stereocenters. The first-order valence-electron chi connectivity index (χ1n) is 4.89. The van der Waals surface area contributed by atoms with Crippen molar-refractivity contribution >= 4 is 0 Å². The monoisotopic (exact) mass is 195 g/mol. The molecule has 1 aromatic heterocycles. The third-order valence-corrected chi connectivity index (χ3v) is 1.83. The van der Waals surface area contributed by atoms with Crippen molar-refractivity contribution in [3.05, 3.63) is 24.3 Å².